The summed E-state index contributed by atoms with van der Waals surface area (Å²) in [5.41, 5.74) is 1.22. The van der Waals surface area contributed by atoms with Gasteiger partial charge in [0.25, 0.3) is 5.91 Å². The largest absolute Gasteiger partial charge is 0.354 e. The molecule has 28 heavy (non-hydrogen) atoms. The van der Waals surface area contributed by atoms with E-state index in [1.807, 2.05) is 36.4 Å². The van der Waals surface area contributed by atoms with E-state index in [0.717, 1.165) is 16.5 Å². The average molecular weight is 429 g/mol. The summed E-state index contributed by atoms with van der Waals surface area (Å²) in [7, 11) is 0. The topological polar surface area (TPSA) is 58.2 Å². The molecule has 2 N–H and O–H groups in total. The van der Waals surface area contributed by atoms with E-state index >= 15 is 0 Å². The van der Waals surface area contributed by atoms with Gasteiger partial charge >= 0.3 is 0 Å². The zero-order valence-electron chi connectivity index (χ0n) is 14.8. The third kappa shape index (κ3) is 3.90. The molecule has 0 radical (unpaired) electrons. The number of fused-ring (bicyclic) bond motifs is 2. The van der Waals surface area contributed by atoms with Gasteiger partial charge in [-0.2, -0.15) is 0 Å². The molecule has 2 aromatic heterocycles. The average Bonchev–Trinajstić information content (AvgIpc) is 3.28. The first-order chi connectivity index (χ1) is 13.6. The van der Waals surface area contributed by atoms with Gasteiger partial charge in [-0.15, -0.1) is 22.7 Å². The molecule has 0 unspecified atom stereocenters. The molecule has 2 amide bonds. The molecule has 142 valence electrons. The third-order valence-corrected chi connectivity index (χ3v) is 7.11. The second-order valence-corrected chi connectivity index (χ2v) is 8.62. The van der Waals surface area contributed by atoms with Crippen LogP contribution >= 0.6 is 34.3 Å². The van der Waals surface area contributed by atoms with Crippen LogP contribution in [0.15, 0.2) is 53.9 Å². The van der Waals surface area contributed by atoms with Gasteiger partial charge in [0.2, 0.25) is 5.91 Å². The molecule has 4 rings (SSSR count). The Morgan fingerprint density at radius 1 is 0.929 bits per heavy atom. The normalized spacial score (nSPS) is 11.0. The van der Waals surface area contributed by atoms with Gasteiger partial charge in [0.05, 0.1) is 11.6 Å². The van der Waals surface area contributed by atoms with E-state index in [9.17, 15) is 9.59 Å². The van der Waals surface area contributed by atoms with Crippen molar-refractivity contribution >= 4 is 66.3 Å². The van der Waals surface area contributed by atoms with E-state index in [-0.39, 0.29) is 18.4 Å². The van der Waals surface area contributed by atoms with E-state index in [1.54, 1.807) is 11.3 Å². The summed E-state index contributed by atoms with van der Waals surface area (Å²) in [5, 5.41) is 10.2. The smallest absolute Gasteiger partial charge is 0.263 e. The summed E-state index contributed by atoms with van der Waals surface area (Å²) in [4.78, 5) is 24.9. The monoisotopic (exact) mass is 428 g/mol. The molecule has 0 saturated carbocycles. The summed E-state index contributed by atoms with van der Waals surface area (Å²) in [6.45, 7) is 0.451. The van der Waals surface area contributed by atoms with Crippen LogP contribution in [0.5, 0.6) is 0 Å². The number of nitrogens with one attached hydrogen (secondary N) is 2. The van der Waals surface area contributed by atoms with Crippen molar-refractivity contribution < 1.29 is 9.59 Å². The van der Waals surface area contributed by atoms with Crippen LogP contribution in [-0.4, -0.2) is 24.9 Å². The first-order valence-electron chi connectivity index (χ1n) is 8.80. The fourth-order valence-electron chi connectivity index (χ4n) is 3.03. The van der Waals surface area contributed by atoms with Gasteiger partial charge in [0, 0.05) is 21.3 Å². The van der Waals surface area contributed by atoms with E-state index < -0.39 is 0 Å². The number of hydrogen-bond donors (Lipinski definition) is 2. The maximum atomic E-state index is 12.4. The highest BCUT2D eigenvalue weighted by Crippen LogP contribution is 2.34. The summed E-state index contributed by atoms with van der Waals surface area (Å²) < 4.78 is 2.20. The van der Waals surface area contributed by atoms with Crippen LogP contribution in [0.1, 0.15) is 15.2 Å². The molecular weight excluding hydrogens is 412 g/mol. The highest BCUT2D eigenvalue weighted by atomic mass is 35.5. The fourth-order valence-corrected chi connectivity index (χ4v) is 5.46. The van der Waals surface area contributed by atoms with Crippen molar-refractivity contribution in [3.8, 4) is 0 Å². The summed E-state index contributed by atoms with van der Waals surface area (Å²) >= 11 is 9.34. The zero-order chi connectivity index (χ0) is 19.5. The van der Waals surface area contributed by atoms with E-state index in [1.165, 1.54) is 27.0 Å². The van der Waals surface area contributed by atoms with Crippen LogP contribution in [0.3, 0.4) is 0 Å². The predicted molar refractivity (Wildman–Crippen MR) is 118 cm³/mol. The second-order valence-electron chi connectivity index (χ2n) is 6.28. The van der Waals surface area contributed by atoms with E-state index in [4.69, 9.17) is 11.6 Å². The minimum Gasteiger partial charge on any atom is -0.354 e. The number of rotatable bonds is 6. The maximum Gasteiger partial charge on any atom is 0.263 e. The maximum absolute atomic E-state index is 12.4. The lowest BCUT2D eigenvalue weighted by Crippen LogP contribution is -2.37. The van der Waals surface area contributed by atoms with Gasteiger partial charge in [-0.3, -0.25) is 9.59 Å². The van der Waals surface area contributed by atoms with Crippen molar-refractivity contribution in [2.24, 2.45) is 0 Å². The van der Waals surface area contributed by atoms with Gasteiger partial charge in [-0.05, 0) is 34.9 Å². The Morgan fingerprint density at radius 2 is 1.64 bits per heavy atom. The van der Waals surface area contributed by atoms with Gasteiger partial charge < -0.3 is 10.6 Å². The number of hydrogen-bond acceptors (Lipinski definition) is 4. The van der Waals surface area contributed by atoms with Gasteiger partial charge in [-0.25, -0.2) is 0 Å². The Hall–Kier alpha value is -2.41. The Labute approximate surface area is 175 Å². The van der Waals surface area contributed by atoms with Crippen molar-refractivity contribution in [3.63, 3.8) is 0 Å². The molecule has 2 heterocycles. The van der Waals surface area contributed by atoms with Gasteiger partial charge in [0.1, 0.15) is 4.88 Å². The van der Waals surface area contributed by atoms with Crippen molar-refractivity contribution in [1.29, 1.82) is 0 Å². The van der Waals surface area contributed by atoms with Crippen molar-refractivity contribution in [2.75, 3.05) is 13.1 Å². The predicted octanol–water partition coefficient (Wildman–Crippen LogP) is 4.86. The molecule has 0 saturated heterocycles. The number of thiophene rings is 2. The molecule has 4 nitrogen and oxygen atoms in total. The SMILES string of the molecule is O=C(CNC(=O)c1sc2ccccc2c1Cl)NCCc1csc2ccccc12. The fraction of sp³-hybridized carbons (Fsp3) is 0.143. The Kier molecular flexibility index (Phi) is 5.62. The van der Waals surface area contributed by atoms with Crippen LogP contribution in [0.2, 0.25) is 5.02 Å². The number of carbonyl (C=O) groups is 2. The molecule has 0 bridgehead atoms. The minimum absolute atomic E-state index is 0.0756. The number of benzene rings is 2. The van der Waals surface area contributed by atoms with Crippen LogP contribution < -0.4 is 10.6 Å². The highest BCUT2D eigenvalue weighted by molar-refractivity contribution is 7.21. The molecule has 0 aliphatic carbocycles. The summed E-state index contributed by atoms with van der Waals surface area (Å²) in [6, 6.07) is 15.8. The second kappa shape index (κ2) is 8.31. The van der Waals surface area contributed by atoms with Crippen LogP contribution in [-0.2, 0) is 11.2 Å². The first kappa shape index (κ1) is 18.9. The lowest BCUT2D eigenvalue weighted by atomic mass is 10.1. The lowest BCUT2D eigenvalue weighted by Gasteiger charge is -2.06. The number of carbonyl (C=O) groups excluding carboxylic acids is 2. The standard InChI is InChI=1S/C21H17ClN2O2S2/c22-19-15-6-2-4-8-17(15)28-20(19)21(26)24-11-18(25)23-10-9-13-12-27-16-7-3-1-5-14(13)16/h1-8,12H,9-11H2,(H,23,25)(H,24,26). The number of amides is 2. The Morgan fingerprint density at radius 3 is 2.43 bits per heavy atom. The van der Waals surface area contributed by atoms with Crippen molar-refractivity contribution in [3.05, 3.63) is 69.4 Å². The molecule has 2 aromatic carbocycles. The van der Waals surface area contributed by atoms with Crippen LogP contribution in [0, 0.1) is 0 Å². The summed E-state index contributed by atoms with van der Waals surface area (Å²) in [5.74, 6) is -0.546. The van der Waals surface area contributed by atoms with E-state index in [0.29, 0.717) is 16.4 Å². The van der Waals surface area contributed by atoms with Crippen molar-refractivity contribution in [2.45, 2.75) is 6.42 Å². The quantitative estimate of drug-likeness (QED) is 0.460. The summed E-state index contributed by atoms with van der Waals surface area (Å²) in [6.07, 6.45) is 0.756. The Balaban J connectivity index is 1.29. The lowest BCUT2D eigenvalue weighted by molar-refractivity contribution is -0.120. The first-order valence-corrected chi connectivity index (χ1v) is 10.9. The molecule has 0 fully saturated rings. The van der Waals surface area contributed by atoms with Crippen LogP contribution in [0.25, 0.3) is 20.2 Å². The molecular formula is C21H17ClN2O2S2. The highest BCUT2D eigenvalue weighted by Gasteiger charge is 2.17. The molecule has 0 aliphatic heterocycles. The van der Waals surface area contributed by atoms with Crippen LogP contribution in [0.4, 0.5) is 0 Å². The number of halogens is 1. The van der Waals surface area contributed by atoms with Crippen molar-refractivity contribution in [1.82, 2.24) is 10.6 Å². The van der Waals surface area contributed by atoms with E-state index in [2.05, 4.69) is 28.1 Å². The molecule has 7 heteroatoms. The molecule has 0 spiro atoms. The van der Waals surface area contributed by atoms with Gasteiger partial charge in [-0.1, -0.05) is 48.0 Å². The molecule has 0 atom stereocenters. The molecule has 4 aromatic rings. The Bertz CT molecular complexity index is 1170. The zero-order valence-corrected chi connectivity index (χ0v) is 17.2. The third-order valence-electron chi connectivity index (χ3n) is 4.43. The molecule has 0 aliphatic rings. The van der Waals surface area contributed by atoms with Gasteiger partial charge in [0.15, 0.2) is 0 Å². The minimum atomic E-state index is -0.329.